The summed E-state index contributed by atoms with van der Waals surface area (Å²) in [7, 11) is 1.75. The van der Waals surface area contributed by atoms with Gasteiger partial charge >= 0.3 is 0 Å². The molecule has 0 fully saturated rings. The average Bonchev–Trinajstić information content (AvgIpc) is 2.51. The topological polar surface area (TPSA) is 45.0 Å². The van der Waals surface area contributed by atoms with E-state index in [0.29, 0.717) is 0 Å². The number of anilines is 1. The second-order valence-corrected chi connectivity index (χ2v) is 4.19. The molecule has 0 N–H and O–H groups in total. The molecule has 1 heterocycles. The van der Waals surface area contributed by atoms with Crippen LogP contribution in [0.4, 0.5) is 5.69 Å². The van der Waals surface area contributed by atoms with Gasteiger partial charge < -0.3 is 4.90 Å². The summed E-state index contributed by atoms with van der Waals surface area (Å²) in [5.74, 6) is 0.00994. The molecule has 0 aromatic heterocycles. The summed E-state index contributed by atoms with van der Waals surface area (Å²) in [6.45, 7) is 1.54. The zero-order valence-electron chi connectivity index (χ0n) is 9.04. The number of nitrogens with zero attached hydrogens (tertiary/aromatic N) is 3. The van der Waals surface area contributed by atoms with Crippen LogP contribution in [0.15, 0.2) is 38.9 Å². The van der Waals surface area contributed by atoms with E-state index in [-0.39, 0.29) is 5.91 Å². The fraction of sp³-hybridized carbons (Fsp3) is 0.182. The molecular weight excluding hydrogens is 222 g/mol. The summed E-state index contributed by atoms with van der Waals surface area (Å²) in [6.07, 6.45) is 3.56. The molecule has 2 rings (SSSR count). The molecule has 1 aromatic rings. The van der Waals surface area contributed by atoms with Crippen LogP contribution in [0.5, 0.6) is 0 Å². The third-order valence-electron chi connectivity index (χ3n) is 2.36. The number of hydrogen-bond donors (Lipinski definition) is 0. The highest BCUT2D eigenvalue weighted by Crippen LogP contribution is 2.31. The van der Waals surface area contributed by atoms with Crippen LogP contribution in [0.2, 0.25) is 0 Å². The second-order valence-electron chi connectivity index (χ2n) is 3.40. The zero-order chi connectivity index (χ0) is 11.5. The minimum Gasteiger partial charge on any atom is -0.316 e. The first-order valence-electron chi connectivity index (χ1n) is 4.80. The quantitative estimate of drug-likeness (QED) is 0.699. The fourth-order valence-corrected chi connectivity index (χ4v) is 1.94. The van der Waals surface area contributed by atoms with Gasteiger partial charge in [0.15, 0.2) is 0 Å². The molecule has 1 amide bonds. The van der Waals surface area contributed by atoms with Gasteiger partial charge in [-0.1, -0.05) is 6.07 Å². The first-order valence-corrected chi connectivity index (χ1v) is 5.58. The van der Waals surface area contributed by atoms with Gasteiger partial charge in [0.1, 0.15) is 0 Å². The lowest BCUT2D eigenvalue weighted by Crippen LogP contribution is -2.22. The summed E-state index contributed by atoms with van der Waals surface area (Å²) >= 11 is 1.31. The van der Waals surface area contributed by atoms with Crippen molar-refractivity contribution >= 4 is 29.6 Å². The normalized spacial score (nSPS) is 13.1. The third kappa shape index (κ3) is 2.14. The van der Waals surface area contributed by atoms with Crippen molar-refractivity contribution in [3.63, 3.8) is 0 Å². The Labute approximate surface area is 98.2 Å². The number of carbonyl (C=O) groups is 1. The van der Waals surface area contributed by atoms with E-state index in [1.165, 1.54) is 11.9 Å². The Bertz CT molecular complexity index is 482. The zero-order valence-corrected chi connectivity index (χ0v) is 9.86. The highest BCUT2D eigenvalue weighted by molar-refractivity contribution is 7.98. The SMILES string of the molecule is CC(=O)N(C)c1ccc2c(c1)SN=NC=C2. The van der Waals surface area contributed by atoms with E-state index in [4.69, 9.17) is 0 Å². The van der Waals surface area contributed by atoms with Crippen molar-refractivity contribution in [2.45, 2.75) is 11.8 Å². The summed E-state index contributed by atoms with van der Waals surface area (Å²) in [5, 5.41) is 3.82. The van der Waals surface area contributed by atoms with Crippen molar-refractivity contribution in [2.75, 3.05) is 11.9 Å². The molecule has 0 spiro atoms. The molecule has 0 saturated carbocycles. The Morgan fingerprint density at radius 2 is 2.25 bits per heavy atom. The summed E-state index contributed by atoms with van der Waals surface area (Å²) in [4.78, 5) is 13.8. The van der Waals surface area contributed by atoms with Crippen molar-refractivity contribution < 1.29 is 4.79 Å². The van der Waals surface area contributed by atoms with Gasteiger partial charge in [-0.05, 0) is 23.8 Å². The van der Waals surface area contributed by atoms with Crippen LogP contribution >= 0.6 is 11.9 Å². The molecule has 1 aliphatic rings. The lowest BCUT2D eigenvalue weighted by atomic mass is 10.2. The Kier molecular flexibility index (Phi) is 3.05. The monoisotopic (exact) mass is 233 g/mol. The maximum atomic E-state index is 11.2. The lowest BCUT2D eigenvalue weighted by molar-refractivity contribution is -0.116. The third-order valence-corrected chi connectivity index (χ3v) is 3.09. The predicted octanol–water partition coefficient (Wildman–Crippen LogP) is 3.11. The Morgan fingerprint density at radius 1 is 1.44 bits per heavy atom. The molecule has 0 bridgehead atoms. The van der Waals surface area contributed by atoms with Gasteiger partial charge in [0, 0.05) is 36.5 Å². The molecule has 0 unspecified atom stereocenters. The van der Waals surface area contributed by atoms with Gasteiger partial charge in [0.2, 0.25) is 5.91 Å². The van der Waals surface area contributed by atoms with E-state index < -0.39 is 0 Å². The maximum absolute atomic E-state index is 11.2. The van der Waals surface area contributed by atoms with Crippen LogP contribution in [0.3, 0.4) is 0 Å². The van der Waals surface area contributed by atoms with E-state index in [1.807, 2.05) is 24.3 Å². The number of rotatable bonds is 1. The number of fused-ring (bicyclic) bond motifs is 1. The Morgan fingerprint density at radius 3 is 3.00 bits per heavy atom. The van der Waals surface area contributed by atoms with Crippen LogP contribution in [0.25, 0.3) is 6.08 Å². The molecule has 0 radical (unpaired) electrons. The molecular formula is C11H11N3OS. The molecule has 16 heavy (non-hydrogen) atoms. The van der Waals surface area contributed by atoms with Crippen LogP contribution in [-0.2, 0) is 4.79 Å². The molecule has 0 saturated heterocycles. The van der Waals surface area contributed by atoms with Gasteiger partial charge in [0.05, 0.1) is 6.20 Å². The van der Waals surface area contributed by atoms with E-state index >= 15 is 0 Å². The van der Waals surface area contributed by atoms with Gasteiger partial charge in [-0.25, -0.2) is 0 Å². The number of carbonyl (C=O) groups excluding carboxylic acids is 1. The van der Waals surface area contributed by atoms with E-state index in [0.717, 1.165) is 16.1 Å². The van der Waals surface area contributed by atoms with Crippen molar-refractivity contribution in [3.05, 3.63) is 30.0 Å². The maximum Gasteiger partial charge on any atom is 0.223 e. The smallest absolute Gasteiger partial charge is 0.223 e. The van der Waals surface area contributed by atoms with Crippen LogP contribution < -0.4 is 4.90 Å². The highest BCUT2D eigenvalue weighted by atomic mass is 32.2. The van der Waals surface area contributed by atoms with Gasteiger partial charge in [-0.2, -0.15) is 5.11 Å². The molecule has 1 aromatic carbocycles. The van der Waals surface area contributed by atoms with Crippen molar-refractivity contribution in [3.8, 4) is 0 Å². The molecule has 4 nitrogen and oxygen atoms in total. The predicted molar refractivity (Wildman–Crippen MR) is 65.3 cm³/mol. The summed E-state index contributed by atoms with van der Waals surface area (Å²) in [6, 6.07) is 5.82. The molecule has 0 atom stereocenters. The summed E-state index contributed by atoms with van der Waals surface area (Å²) in [5.41, 5.74) is 1.93. The molecule has 1 aliphatic heterocycles. The number of amides is 1. The first-order chi connectivity index (χ1) is 7.68. The second kappa shape index (κ2) is 4.49. The molecule has 5 heteroatoms. The minimum atomic E-state index is 0.00994. The van der Waals surface area contributed by atoms with E-state index in [9.17, 15) is 4.79 Å². The average molecular weight is 233 g/mol. The van der Waals surface area contributed by atoms with Crippen molar-refractivity contribution in [1.29, 1.82) is 0 Å². The van der Waals surface area contributed by atoms with E-state index in [2.05, 4.69) is 9.63 Å². The van der Waals surface area contributed by atoms with Crippen LogP contribution in [0.1, 0.15) is 12.5 Å². The molecule has 82 valence electrons. The first kappa shape index (κ1) is 10.9. The van der Waals surface area contributed by atoms with Gasteiger partial charge in [-0.15, -0.1) is 4.52 Å². The Hall–Kier alpha value is -1.62. The largest absolute Gasteiger partial charge is 0.316 e. The van der Waals surface area contributed by atoms with Crippen molar-refractivity contribution in [2.24, 2.45) is 9.63 Å². The van der Waals surface area contributed by atoms with Crippen LogP contribution in [0, 0.1) is 0 Å². The fourth-order valence-electron chi connectivity index (χ4n) is 1.34. The number of benzene rings is 1. The summed E-state index contributed by atoms with van der Waals surface area (Å²) < 4.78 is 3.91. The Balaban J connectivity index is 2.39. The minimum absolute atomic E-state index is 0.00994. The number of hydrogen-bond acceptors (Lipinski definition) is 4. The van der Waals surface area contributed by atoms with E-state index in [1.54, 1.807) is 25.1 Å². The lowest BCUT2D eigenvalue weighted by Gasteiger charge is -2.16. The highest BCUT2D eigenvalue weighted by Gasteiger charge is 2.09. The van der Waals surface area contributed by atoms with Crippen LogP contribution in [-0.4, -0.2) is 13.0 Å². The standard InChI is InChI=1S/C11H11N3OS/c1-8(15)14(2)10-4-3-9-5-6-12-13-16-11(9)7-10/h3-7H,1-2H3. The van der Waals surface area contributed by atoms with Gasteiger partial charge in [0.25, 0.3) is 0 Å². The molecule has 0 aliphatic carbocycles. The van der Waals surface area contributed by atoms with Gasteiger partial charge in [-0.3, -0.25) is 4.79 Å². The van der Waals surface area contributed by atoms with Crippen molar-refractivity contribution in [1.82, 2.24) is 0 Å².